The molecule has 0 radical (unpaired) electrons. The van der Waals surface area contributed by atoms with Crippen molar-refractivity contribution in [1.29, 1.82) is 0 Å². The fraction of sp³-hybridized carbons (Fsp3) is 0.533. The minimum absolute atomic E-state index is 0.834. The molecule has 2 aliphatic heterocycles. The van der Waals surface area contributed by atoms with Crippen LogP contribution >= 0.6 is 15.9 Å². The number of rotatable bonds is 3. The van der Waals surface area contributed by atoms with E-state index in [1.165, 1.54) is 24.2 Å². The van der Waals surface area contributed by atoms with Crippen LogP contribution in [-0.4, -0.2) is 45.8 Å². The molecule has 4 rings (SSSR count). The molecule has 0 unspecified atom stereocenters. The van der Waals surface area contributed by atoms with Crippen molar-refractivity contribution in [3.63, 3.8) is 0 Å². The summed E-state index contributed by atoms with van der Waals surface area (Å²) < 4.78 is 3.24. The van der Waals surface area contributed by atoms with Gasteiger partial charge in [-0.3, -0.25) is 9.58 Å². The van der Waals surface area contributed by atoms with Gasteiger partial charge in [-0.1, -0.05) is 0 Å². The Morgan fingerprint density at radius 3 is 2.90 bits per heavy atom. The number of allylic oxidation sites excluding steroid dienone is 2. The molecule has 21 heavy (non-hydrogen) atoms. The van der Waals surface area contributed by atoms with Crippen LogP contribution in [0.4, 0.5) is 5.82 Å². The lowest BCUT2D eigenvalue weighted by molar-refractivity contribution is 0.204. The summed E-state index contributed by atoms with van der Waals surface area (Å²) in [7, 11) is 2.07. The molecule has 3 aliphatic rings. The van der Waals surface area contributed by atoms with E-state index in [2.05, 4.69) is 61.1 Å². The molecule has 0 bridgehead atoms. The largest absolute Gasteiger partial charge is 0.374 e. The van der Waals surface area contributed by atoms with Crippen molar-refractivity contribution < 1.29 is 0 Å². The standard InChI is InChI=1S/C15H20BrN5/c1-19-8-11(16)6-12(9-19)17-15-7-14-10-20(13-2-3-13)4-5-21(14)18-15/h6-8,13H,2-5,9-10H2,1H3,(H,17,18). The maximum Gasteiger partial charge on any atom is 0.152 e. The summed E-state index contributed by atoms with van der Waals surface area (Å²) in [5, 5.41) is 8.15. The molecular formula is C15H20BrN5. The number of likely N-dealkylation sites (N-methyl/N-ethyl adjacent to an activating group) is 1. The Kier molecular flexibility index (Phi) is 3.30. The van der Waals surface area contributed by atoms with Gasteiger partial charge in [0.05, 0.1) is 18.8 Å². The monoisotopic (exact) mass is 349 g/mol. The van der Waals surface area contributed by atoms with Crippen molar-refractivity contribution >= 4 is 21.7 Å². The quantitative estimate of drug-likeness (QED) is 0.908. The normalized spacial score (nSPS) is 22.7. The van der Waals surface area contributed by atoms with Gasteiger partial charge in [0, 0.05) is 48.6 Å². The number of nitrogens with one attached hydrogen (secondary N) is 1. The molecule has 112 valence electrons. The fourth-order valence-corrected chi connectivity index (χ4v) is 3.74. The molecule has 1 N–H and O–H groups in total. The molecule has 1 saturated carbocycles. The first-order valence-electron chi connectivity index (χ1n) is 7.53. The van der Waals surface area contributed by atoms with Crippen LogP contribution in [0.3, 0.4) is 0 Å². The van der Waals surface area contributed by atoms with Crippen LogP contribution in [0.2, 0.25) is 0 Å². The van der Waals surface area contributed by atoms with Crippen molar-refractivity contribution in [3.05, 3.63) is 34.2 Å². The maximum atomic E-state index is 4.69. The third-order valence-electron chi connectivity index (χ3n) is 4.25. The van der Waals surface area contributed by atoms with Crippen LogP contribution in [0.25, 0.3) is 0 Å². The Morgan fingerprint density at radius 1 is 1.29 bits per heavy atom. The summed E-state index contributed by atoms with van der Waals surface area (Å²) in [6.45, 7) is 4.07. The second-order valence-corrected chi connectivity index (χ2v) is 7.09. The molecule has 0 spiro atoms. The fourth-order valence-electron chi connectivity index (χ4n) is 3.11. The van der Waals surface area contributed by atoms with E-state index in [4.69, 9.17) is 5.10 Å². The number of anilines is 1. The Morgan fingerprint density at radius 2 is 2.14 bits per heavy atom. The zero-order valence-electron chi connectivity index (χ0n) is 12.2. The molecule has 3 heterocycles. The summed E-state index contributed by atoms with van der Waals surface area (Å²) in [5.74, 6) is 0.962. The molecular weight excluding hydrogens is 330 g/mol. The highest BCUT2D eigenvalue weighted by molar-refractivity contribution is 9.11. The minimum Gasteiger partial charge on any atom is -0.374 e. The zero-order chi connectivity index (χ0) is 14.4. The number of nitrogens with zero attached hydrogens (tertiary/aromatic N) is 4. The molecule has 0 amide bonds. The molecule has 1 aromatic rings. The van der Waals surface area contributed by atoms with E-state index >= 15 is 0 Å². The topological polar surface area (TPSA) is 36.3 Å². The van der Waals surface area contributed by atoms with Gasteiger partial charge in [0.1, 0.15) is 0 Å². The van der Waals surface area contributed by atoms with Crippen LogP contribution < -0.4 is 5.32 Å². The molecule has 1 aliphatic carbocycles. The van der Waals surface area contributed by atoms with Crippen molar-refractivity contribution in [1.82, 2.24) is 19.6 Å². The average Bonchev–Trinajstić information content (AvgIpc) is 3.18. The smallest absolute Gasteiger partial charge is 0.152 e. The highest BCUT2D eigenvalue weighted by atomic mass is 79.9. The van der Waals surface area contributed by atoms with Gasteiger partial charge in [-0.05, 0) is 34.8 Å². The summed E-state index contributed by atoms with van der Waals surface area (Å²) >= 11 is 3.54. The minimum atomic E-state index is 0.834. The lowest BCUT2D eigenvalue weighted by Crippen LogP contribution is -2.35. The van der Waals surface area contributed by atoms with Crippen molar-refractivity contribution in [3.8, 4) is 0 Å². The lowest BCUT2D eigenvalue weighted by atomic mass is 10.3. The third-order valence-corrected chi connectivity index (χ3v) is 4.69. The second kappa shape index (κ2) is 5.18. The van der Waals surface area contributed by atoms with Gasteiger partial charge in [-0.2, -0.15) is 5.10 Å². The molecule has 6 heteroatoms. The first kappa shape index (κ1) is 13.4. The van der Waals surface area contributed by atoms with E-state index < -0.39 is 0 Å². The highest BCUT2D eigenvalue weighted by Crippen LogP contribution is 2.30. The van der Waals surface area contributed by atoms with E-state index in [0.717, 1.165) is 42.5 Å². The van der Waals surface area contributed by atoms with E-state index in [1.807, 2.05) is 0 Å². The van der Waals surface area contributed by atoms with E-state index in [-0.39, 0.29) is 0 Å². The molecule has 5 nitrogen and oxygen atoms in total. The summed E-state index contributed by atoms with van der Waals surface area (Å²) in [6.07, 6.45) is 6.95. The summed E-state index contributed by atoms with van der Waals surface area (Å²) in [4.78, 5) is 4.74. The highest BCUT2D eigenvalue weighted by Gasteiger charge is 2.31. The summed E-state index contributed by atoms with van der Waals surface area (Å²) in [6, 6.07) is 3.03. The molecule has 0 atom stereocenters. The Balaban J connectivity index is 1.48. The first-order valence-corrected chi connectivity index (χ1v) is 8.32. The van der Waals surface area contributed by atoms with Crippen molar-refractivity contribution in [2.45, 2.75) is 32.0 Å². The van der Waals surface area contributed by atoms with Crippen LogP contribution in [0, 0.1) is 0 Å². The predicted octanol–water partition coefficient (Wildman–Crippen LogP) is 2.34. The van der Waals surface area contributed by atoms with Crippen LogP contribution in [0.5, 0.6) is 0 Å². The Labute approximate surface area is 133 Å². The number of fused-ring (bicyclic) bond motifs is 1. The second-order valence-electron chi connectivity index (χ2n) is 6.17. The van der Waals surface area contributed by atoms with Crippen LogP contribution in [-0.2, 0) is 13.1 Å². The zero-order valence-corrected chi connectivity index (χ0v) is 13.8. The number of aromatic nitrogens is 2. The Bertz CT molecular complexity index is 614. The predicted molar refractivity (Wildman–Crippen MR) is 87.0 cm³/mol. The maximum absolute atomic E-state index is 4.69. The lowest BCUT2D eigenvalue weighted by Gasteiger charge is -2.27. The van der Waals surface area contributed by atoms with E-state index in [9.17, 15) is 0 Å². The van der Waals surface area contributed by atoms with Gasteiger partial charge in [0.25, 0.3) is 0 Å². The average molecular weight is 350 g/mol. The van der Waals surface area contributed by atoms with Crippen molar-refractivity contribution in [2.24, 2.45) is 0 Å². The van der Waals surface area contributed by atoms with Gasteiger partial charge >= 0.3 is 0 Å². The van der Waals surface area contributed by atoms with Gasteiger partial charge < -0.3 is 10.2 Å². The van der Waals surface area contributed by atoms with Gasteiger partial charge in [0.15, 0.2) is 5.82 Å². The first-order chi connectivity index (χ1) is 10.2. The molecule has 0 aromatic carbocycles. The molecule has 1 aromatic heterocycles. The van der Waals surface area contributed by atoms with Crippen molar-refractivity contribution in [2.75, 3.05) is 25.5 Å². The van der Waals surface area contributed by atoms with Gasteiger partial charge in [0.2, 0.25) is 0 Å². The number of hydrogen-bond acceptors (Lipinski definition) is 4. The van der Waals surface area contributed by atoms with Gasteiger partial charge in [-0.15, -0.1) is 0 Å². The number of halogens is 1. The SMILES string of the molecule is CN1C=C(Br)C=C(Nc2cc3n(n2)CCN(C2CC2)C3)C1. The number of hydrogen-bond donors (Lipinski definition) is 1. The van der Waals surface area contributed by atoms with Crippen LogP contribution in [0.15, 0.2) is 28.5 Å². The van der Waals surface area contributed by atoms with E-state index in [1.54, 1.807) is 0 Å². The summed E-state index contributed by atoms with van der Waals surface area (Å²) in [5.41, 5.74) is 2.50. The van der Waals surface area contributed by atoms with Gasteiger partial charge in [-0.25, -0.2) is 0 Å². The molecule has 0 saturated heterocycles. The third kappa shape index (κ3) is 2.87. The van der Waals surface area contributed by atoms with Crippen LogP contribution in [0.1, 0.15) is 18.5 Å². The van der Waals surface area contributed by atoms with E-state index in [0.29, 0.717) is 0 Å². The molecule has 1 fully saturated rings. The Hall–Kier alpha value is -1.27.